The molecule has 0 saturated heterocycles. The smallest absolute Gasteiger partial charge is 0.227 e. The zero-order chi connectivity index (χ0) is 38.2. The van der Waals surface area contributed by atoms with Crippen molar-refractivity contribution in [2.75, 3.05) is 4.90 Å². The quantitative estimate of drug-likeness (QED) is 0.169. The van der Waals surface area contributed by atoms with Crippen LogP contribution in [0.2, 0.25) is 0 Å². The van der Waals surface area contributed by atoms with Crippen LogP contribution in [0.5, 0.6) is 0 Å². The Kier molecular flexibility index (Phi) is 7.37. The lowest BCUT2D eigenvalue weighted by atomic mass is 9.99. The number of hydrogen-bond acceptors (Lipinski definition) is 4. The molecule has 12 rings (SSSR count). The van der Waals surface area contributed by atoms with Gasteiger partial charge in [0, 0.05) is 53.3 Å². The molecule has 0 aliphatic carbocycles. The monoisotopic (exact) mass is 759 g/mol. The minimum atomic E-state index is 0.596. The average Bonchev–Trinajstić information content (AvgIpc) is 4.00. The van der Waals surface area contributed by atoms with Crippen molar-refractivity contribution in [1.82, 2.24) is 9.55 Å². The van der Waals surface area contributed by atoms with Crippen LogP contribution in [-0.4, -0.2) is 9.55 Å². The number of nitrogens with zero attached hydrogens (tertiary/aromatic N) is 3. The Bertz CT molecular complexity index is 3510. The number of rotatable bonds is 6. The molecule has 3 heterocycles. The molecule has 0 aliphatic heterocycles. The van der Waals surface area contributed by atoms with E-state index in [1.54, 1.807) is 0 Å². The first-order chi connectivity index (χ1) is 28.8. The molecule has 272 valence electrons. The molecule has 12 aromatic rings. The van der Waals surface area contributed by atoms with Crippen molar-refractivity contribution in [1.29, 1.82) is 0 Å². The van der Waals surface area contributed by atoms with E-state index in [0.29, 0.717) is 5.89 Å². The third kappa shape index (κ3) is 5.11. The van der Waals surface area contributed by atoms with Gasteiger partial charge >= 0.3 is 0 Å². The predicted molar refractivity (Wildman–Crippen MR) is 244 cm³/mol. The molecule has 58 heavy (non-hydrogen) atoms. The second-order valence-corrected chi connectivity index (χ2v) is 15.8. The maximum Gasteiger partial charge on any atom is 0.227 e. The standard InChI is InChI=1S/C53H33N3OS/c1-3-14-35(15-4-1)53-54-44-22-13-24-46(52(44)57-53)56(38-29-26-34(27-30-38)36-28-31-50-43(32-36)40-19-10-12-25-49(40)58-50)47-33-48-51(41-20-8-7-18-39(41)47)42-21-9-11-23-45(42)55(48)37-16-5-2-6-17-37/h1-33H. The zero-order valence-corrected chi connectivity index (χ0v) is 32.0. The molecular weight excluding hydrogens is 727 g/mol. The summed E-state index contributed by atoms with van der Waals surface area (Å²) in [4.78, 5) is 7.36. The van der Waals surface area contributed by atoms with Gasteiger partial charge < -0.3 is 13.9 Å². The van der Waals surface area contributed by atoms with Crippen molar-refractivity contribution in [3.05, 3.63) is 200 Å². The molecular formula is C53H33N3OS. The lowest BCUT2D eigenvalue weighted by Crippen LogP contribution is -2.11. The summed E-state index contributed by atoms with van der Waals surface area (Å²) in [5, 5.41) is 7.38. The van der Waals surface area contributed by atoms with Crippen LogP contribution in [0.15, 0.2) is 205 Å². The number of benzene rings is 9. The third-order valence-electron chi connectivity index (χ3n) is 11.4. The Balaban J connectivity index is 1.12. The molecule has 9 aromatic carbocycles. The second-order valence-electron chi connectivity index (χ2n) is 14.7. The molecule has 0 fully saturated rings. The first kappa shape index (κ1) is 32.7. The fourth-order valence-electron chi connectivity index (χ4n) is 8.78. The van der Waals surface area contributed by atoms with Gasteiger partial charge in [-0.15, -0.1) is 11.3 Å². The molecule has 0 unspecified atom stereocenters. The lowest BCUT2D eigenvalue weighted by Gasteiger charge is -2.27. The van der Waals surface area contributed by atoms with Crippen molar-refractivity contribution >= 4 is 92.2 Å². The number of para-hydroxylation sites is 3. The van der Waals surface area contributed by atoms with Crippen LogP contribution in [0, 0.1) is 0 Å². The van der Waals surface area contributed by atoms with E-state index in [2.05, 4.69) is 173 Å². The van der Waals surface area contributed by atoms with Crippen LogP contribution < -0.4 is 4.90 Å². The van der Waals surface area contributed by atoms with Crippen LogP contribution in [0.3, 0.4) is 0 Å². The summed E-state index contributed by atoms with van der Waals surface area (Å²) in [6.07, 6.45) is 0. The maximum absolute atomic E-state index is 6.75. The summed E-state index contributed by atoms with van der Waals surface area (Å²) in [6, 6.07) is 71.5. The van der Waals surface area contributed by atoms with Crippen molar-refractivity contribution in [2.24, 2.45) is 0 Å². The van der Waals surface area contributed by atoms with Gasteiger partial charge in [0.25, 0.3) is 0 Å². The highest BCUT2D eigenvalue weighted by Gasteiger charge is 2.25. The number of oxazole rings is 1. The van der Waals surface area contributed by atoms with Crippen LogP contribution in [-0.2, 0) is 0 Å². The van der Waals surface area contributed by atoms with Gasteiger partial charge in [-0.05, 0) is 95.4 Å². The third-order valence-corrected chi connectivity index (χ3v) is 12.6. The second kappa shape index (κ2) is 13.1. The van der Waals surface area contributed by atoms with E-state index in [0.717, 1.165) is 55.9 Å². The van der Waals surface area contributed by atoms with Crippen LogP contribution in [0.1, 0.15) is 0 Å². The minimum absolute atomic E-state index is 0.596. The highest BCUT2D eigenvalue weighted by Crippen LogP contribution is 2.47. The number of anilines is 3. The van der Waals surface area contributed by atoms with Gasteiger partial charge in [0.15, 0.2) is 5.58 Å². The highest BCUT2D eigenvalue weighted by molar-refractivity contribution is 7.25. The van der Waals surface area contributed by atoms with Crippen molar-refractivity contribution < 1.29 is 4.42 Å². The summed E-state index contributed by atoms with van der Waals surface area (Å²) in [7, 11) is 0. The predicted octanol–water partition coefficient (Wildman–Crippen LogP) is 15.2. The topological polar surface area (TPSA) is 34.2 Å². The average molecular weight is 760 g/mol. The molecule has 0 spiro atoms. The number of fused-ring (bicyclic) bond motifs is 9. The van der Waals surface area contributed by atoms with Gasteiger partial charge in [-0.3, -0.25) is 0 Å². The van der Waals surface area contributed by atoms with Gasteiger partial charge in [0.05, 0.1) is 22.4 Å². The molecule has 3 aromatic heterocycles. The fraction of sp³-hybridized carbons (Fsp3) is 0. The van der Waals surface area contributed by atoms with E-state index in [4.69, 9.17) is 9.40 Å². The maximum atomic E-state index is 6.75. The molecule has 0 amide bonds. The van der Waals surface area contributed by atoms with Gasteiger partial charge in [0.2, 0.25) is 5.89 Å². The van der Waals surface area contributed by atoms with Crippen molar-refractivity contribution in [2.45, 2.75) is 0 Å². The van der Waals surface area contributed by atoms with Crippen molar-refractivity contribution in [3.8, 4) is 28.3 Å². The van der Waals surface area contributed by atoms with Gasteiger partial charge in [-0.2, -0.15) is 0 Å². The Hall–Kier alpha value is -7.47. The first-order valence-corrected chi connectivity index (χ1v) is 20.4. The fourth-order valence-corrected chi connectivity index (χ4v) is 9.87. The van der Waals surface area contributed by atoms with Gasteiger partial charge in [0.1, 0.15) is 5.52 Å². The van der Waals surface area contributed by atoms with Crippen LogP contribution in [0.25, 0.3) is 92.1 Å². The Morgan fingerprint density at radius 2 is 1.12 bits per heavy atom. The molecule has 0 saturated carbocycles. The molecule has 5 heteroatoms. The molecule has 0 aliphatic rings. The highest BCUT2D eigenvalue weighted by atomic mass is 32.1. The number of aromatic nitrogens is 2. The summed E-state index contributed by atoms with van der Waals surface area (Å²) in [5.74, 6) is 0.596. The van der Waals surface area contributed by atoms with Crippen LogP contribution in [0.4, 0.5) is 17.1 Å². The SMILES string of the molecule is c1ccc(-c2nc3cccc(N(c4ccc(-c5ccc6sc7ccccc7c6c5)cc4)c4cc5c(c6ccccc46)c4ccccc4n5-c4ccccc4)c3o2)cc1. The summed E-state index contributed by atoms with van der Waals surface area (Å²) in [5.41, 5.74) is 11.2. The molecule has 0 atom stereocenters. The van der Waals surface area contributed by atoms with Crippen LogP contribution >= 0.6 is 11.3 Å². The van der Waals surface area contributed by atoms with E-state index in [1.165, 1.54) is 47.4 Å². The van der Waals surface area contributed by atoms with Gasteiger partial charge in [-0.25, -0.2) is 4.98 Å². The first-order valence-electron chi connectivity index (χ1n) is 19.5. The van der Waals surface area contributed by atoms with E-state index in [1.807, 2.05) is 47.7 Å². The Morgan fingerprint density at radius 3 is 1.95 bits per heavy atom. The summed E-state index contributed by atoms with van der Waals surface area (Å²) >= 11 is 1.85. The minimum Gasteiger partial charge on any atom is -0.434 e. The lowest BCUT2D eigenvalue weighted by molar-refractivity contribution is 0.620. The molecule has 0 radical (unpaired) electrons. The summed E-state index contributed by atoms with van der Waals surface area (Å²) in [6.45, 7) is 0. The van der Waals surface area contributed by atoms with E-state index >= 15 is 0 Å². The van der Waals surface area contributed by atoms with Crippen molar-refractivity contribution in [3.63, 3.8) is 0 Å². The van der Waals surface area contributed by atoms with Gasteiger partial charge in [-0.1, -0.05) is 121 Å². The number of thiophene rings is 1. The van der Waals surface area contributed by atoms with E-state index < -0.39 is 0 Å². The molecule has 4 nitrogen and oxygen atoms in total. The van der Waals surface area contributed by atoms with E-state index in [-0.39, 0.29) is 0 Å². The molecule has 0 N–H and O–H groups in total. The molecule has 0 bridgehead atoms. The summed E-state index contributed by atoms with van der Waals surface area (Å²) < 4.78 is 11.8. The largest absolute Gasteiger partial charge is 0.434 e. The number of hydrogen-bond donors (Lipinski definition) is 0. The van der Waals surface area contributed by atoms with E-state index in [9.17, 15) is 0 Å². The Labute approximate surface area is 338 Å². The Morgan fingerprint density at radius 1 is 0.448 bits per heavy atom. The zero-order valence-electron chi connectivity index (χ0n) is 31.2. The normalized spacial score (nSPS) is 11.8.